The summed E-state index contributed by atoms with van der Waals surface area (Å²) in [6, 6.07) is 6.26. The molecule has 0 saturated carbocycles. The second kappa shape index (κ2) is 9.38. The van der Waals surface area contributed by atoms with Crippen molar-refractivity contribution in [2.24, 2.45) is 5.92 Å². The standard InChI is InChI=1S/C18H23N3O4S/c1-11(2)9-14(18(24)25)20-16(22)7-8-26-10-15-19-13-6-4-3-5-12(13)17(23)21-15/h3-6,11,14H,7-10H2,1-2H3,(H,20,22)(H,24,25)(H,19,21,23). The van der Waals surface area contributed by atoms with E-state index >= 15 is 0 Å². The van der Waals surface area contributed by atoms with Gasteiger partial charge in [0.2, 0.25) is 5.91 Å². The molecule has 0 aliphatic carbocycles. The van der Waals surface area contributed by atoms with E-state index in [1.54, 1.807) is 18.2 Å². The number of fused-ring (bicyclic) bond motifs is 1. The zero-order chi connectivity index (χ0) is 19.1. The molecule has 0 saturated heterocycles. The maximum absolute atomic E-state index is 12.0. The number of nitrogens with one attached hydrogen (secondary N) is 2. The van der Waals surface area contributed by atoms with E-state index in [0.29, 0.717) is 34.7 Å². The Morgan fingerprint density at radius 1 is 1.31 bits per heavy atom. The molecule has 0 bridgehead atoms. The third-order valence-corrected chi connectivity index (χ3v) is 4.68. The Kier molecular flexibility index (Phi) is 7.20. The summed E-state index contributed by atoms with van der Waals surface area (Å²) < 4.78 is 0. The minimum Gasteiger partial charge on any atom is -0.480 e. The highest BCUT2D eigenvalue weighted by Crippen LogP contribution is 2.12. The molecule has 2 aromatic rings. The van der Waals surface area contributed by atoms with Crippen LogP contribution in [0.2, 0.25) is 0 Å². The second-order valence-corrected chi connectivity index (χ2v) is 7.53. The summed E-state index contributed by atoms with van der Waals surface area (Å²) in [6.45, 7) is 3.82. The van der Waals surface area contributed by atoms with Gasteiger partial charge in [0, 0.05) is 12.2 Å². The first kappa shape index (κ1) is 20.0. The van der Waals surface area contributed by atoms with Crippen LogP contribution in [0.4, 0.5) is 0 Å². The van der Waals surface area contributed by atoms with Crippen LogP contribution in [0.25, 0.3) is 10.9 Å². The number of aliphatic carboxylic acids is 1. The van der Waals surface area contributed by atoms with E-state index in [2.05, 4.69) is 15.3 Å². The Bertz CT molecular complexity index is 835. The number of rotatable bonds is 9. The van der Waals surface area contributed by atoms with Crippen molar-refractivity contribution in [1.82, 2.24) is 15.3 Å². The van der Waals surface area contributed by atoms with Gasteiger partial charge < -0.3 is 15.4 Å². The Balaban J connectivity index is 1.82. The molecule has 1 unspecified atom stereocenters. The van der Waals surface area contributed by atoms with Crippen LogP contribution < -0.4 is 10.9 Å². The van der Waals surface area contributed by atoms with E-state index in [4.69, 9.17) is 5.11 Å². The lowest BCUT2D eigenvalue weighted by atomic mass is 10.0. The molecule has 1 aromatic carbocycles. The number of amides is 1. The van der Waals surface area contributed by atoms with E-state index in [0.717, 1.165) is 0 Å². The summed E-state index contributed by atoms with van der Waals surface area (Å²) in [5, 5.41) is 12.2. The predicted octanol–water partition coefficient (Wildman–Crippen LogP) is 2.16. The van der Waals surface area contributed by atoms with Gasteiger partial charge in [0.25, 0.3) is 5.56 Å². The molecule has 0 aliphatic rings. The number of carboxylic acids is 1. The van der Waals surface area contributed by atoms with Gasteiger partial charge in [-0.3, -0.25) is 9.59 Å². The molecule has 0 fully saturated rings. The van der Waals surface area contributed by atoms with Crippen LogP contribution in [0.5, 0.6) is 0 Å². The van der Waals surface area contributed by atoms with Gasteiger partial charge in [0.1, 0.15) is 11.9 Å². The van der Waals surface area contributed by atoms with Crippen LogP contribution in [0.1, 0.15) is 32.5 Å². The Morgan fingerprint density at radius 2 is 2.04 bits per heavy atom. The average Bonchev–Trinajstić information content (AvgIpc) is 2.58. The van der Waals surface area contributed by atoms with Crippen LogP contribution in [-0.2, 0) is 15.3 Å². The third kappa shape index (κ3) is 5.87. The van der Waals surface area contributed by atoms with Gasteiger partial charge >= 0.3 is 5.97 Å². The third-order valence-electron chi connectivity index (χ3n) is 3.71. The van der Waals surface area contributed by atoms with Crippen molar-refractivity contribution in [2.75, 3.05) is 5.75 Å². The van der Waals surface area contributed by atoms with Gasteiger partial charge in [-0.1, -0.05) is 26.0 Å². The molecule has 140 valence electrons. The number of aromatic amines is 1. The van der Waals surface area contributed by atoms with Crippen LogP contribution in [0, 0.1) is 5.92 Å². The first-order valence-electron chi connectivity index (χ1n) is 8.44. The van der Waals surface area contributed by atoms with E-state index in [-0.39, 0.29) is 23.8 Å². The van der Waals surface area contributed by atoms with Gasteiger partial charge in [-0.25, -0.2) is 9.78 Å². The molecule has 7 nitrogen and oxygen atoms in total. The number of aromatic nitrogens is 2. The number of hydrogen-bond donors (Lipinski definition) is 3. The van der Waals surface area contributed by atoms with Gasteiger partial charge in [0.05, 0.1) is 16.7 Å². The number of nitrogens with zero attached hydrogens (tertiary/aromatic N) is 1. The zero-order valence-corrected chi connectivity index (χ0v) is 15.6. The fourth-order valence-electron chi connectivity index (χ4n) is 2.50. The van der Waals surface area contributed by atoms with E-state index in [9.17, 15) is 14.4 Å². The highest BCUT2D eigenvalue weighted by molar-refractivity contribution is 7.98. The molecule has 3 N–H and O–H groups in total. The summed E-state index contributed by atoms with van der Waals surface area (Å²) in [4.78, 5) is 42.2. The number of hydrogen-bond acceptors (Lipinski definition) is 5. The summed E-state index contributed by atoms with van der Waals surface area (Å²) in [6.07, 6.45) is 0.612. The summed E-state index contributed by atoms with van der Waals surface area (Å²) in [5.41, 5.74) is 0.463. The lowest BCUT2D eigenvalue weighted by Gasteiger charge is -2.16. The van der Waals surface area contributed by atoms with Crippen molar-refractivity contribution in [3.05, 3.63) is 40.4 Å². The molecule has 1 aromatic heterocycles. The second-order valence-electron chi connectivity index (χ2n) is 6.42. The molecule has 26 heavy (non-hydrogen) atoms. The molecular weight excluding hydrogens is 354 g/mol. The van der Waals surface area contributed by atoms with Crippen molar-refractivity contribution in [3.63, 3.8) is 0 Å². The maximum Gasteiger partial charge on any atom is 0.326 e. The molecule has 1 atom stereocenters. The van der Waals surface area contributed by atoms with E-state index < -0.39 is 12.0 Å². The van der Waals surface area contributed by atoms with Crippen molar-refractivity contribution in [2.45, 2.75) is 38.5 Å². The first-order valence-corrected chi connectivity index (χ1v) is 9.60. The summed E-state index contributed by atoms with van der Waals surface area (Å²) in [7, 11) is 0. The van der Waals surface area contributed by atoms with Crippen molar-refractivity contribution in [3.8, 4) is 0 Å². The number of H-pyrrole nitrogens is 1. The highest BCUT2D eigenvalue weighted by Gasteiger charge is 2.20. The minimum absolute atomic E-state index is 0.179. The molecule has 2 rings (SSSR count). The van der Waals surface area contributed by atoms with Crippen LogP contribution in [0.15, 0.2) is 29.1 Å². The van der Waals surface area contributed by atoms with Crippen LogP contribution in [0.3, 0.4) is 0 Å². The molecule has 0 spiro atoms. The topological polar surface area (TPSA) is 112 Å². The van der Waals surface area contributed by atoms with Crippen molar-refractivity contribution >= 4 is 34.5 Å². The highest BCUT2D eigenvalue weighted by atomic mass is 32.2. The normalized spacial score (nSPS) is 12.3. The van der Waals surface area contributed by atoms with Gasteiger partial charge in [-0.2, -0.15) is 11.8 Å². The molecular formula is C18H23N3O4S. The molecule has 1 amide bonds. The smallest absolute Gasteiger partial charge is 0.326 e. The quantitative estimate of drug-likeness (QED) is 0.577. The Labute approximate surface area is 155 Å². The predicted molar refractivity (Wildman–Crippen MR) is 102 cm³/mol. The molecule has 8 heteroatoms. The van der Waals surface area contributed by atoms with Gasteiger partial charge in [0.15, 0.2) is 0 Å². The lowest BCUT2D eigenvalue weighted by Crippen LogP contribution is -2.41. The van der Waals surface area contributed by atoms with Crippen LogP contribution in [-0.4, -0.2) is 38.7 Å². The fourth-order valence-corrected chi connectivity index (χ4v) is 3.30. The number of carboxylic acid groups (broad SMARTS) is 1. The van der Waals surface area contributed by atoms with E-state index in [1.807, 2.05) is 19.9 Å². The minimum atomic E-state index is -1.02. The SMILES string of the molecule is CC(C)CC(NC(=O)CCSCc1nc2ccccc2c(=O)[nH]1)C(=O)O. The largest absolute Gasteiger partial charge is 0.480 e. The van der Waals surface area contributed by atoms with Crippen LogP contribution >= 0.6 is 11.8 Å². The average molecular weight is 377 g/mol. The lowest BCUT2D eigenvalue weighted by molar-refractivity contribution is -0.142. The monoisotopic (exact) mass is 377 g/mol. The van der Waals surface area contributed by atoms with Gasteiger partial charge in [-0.15, -0.1) is 0 Å². The zero-order valence-electron chi connectivity index (χ0n) is 14.8. The summed E-state index contributed by atoms with van der Waals surface area (Å²) >= 11 is 1.46. The number of thioether (sulfide) groups is 1. The van der Waals surface area contributed by atoms with Crippen molar-refractivity contribution in [1.29, 1.82) is 0 Å². The maximum atomic E-state index is 12.0. The summed E-state index contributed by atoms with van der Waals surface area (Å²) in [5.74, 6) is 0.421. The Hall–Kier alpha value is -2.35. The fraction of sp³-hybridized carbons (Fsp3) is 0.444. The van der Waals surface area contributed by atoms with Gasteiger partial charge in [-0.05, 0) is 24.5 Å². The Morgan fingerprint density at radius 3 is 2.73 bits per heavy atom. The van der Waals surface area contributed by atoms with E-state index in [1.165, 1.54) is 11.8 Å². The van der Waals surface area contributed by atoms with Crippen molar-refractivity contribution < 1.29 is 14.7 Å². The number of benzene rings is 1. The molecule has 1 heterocycles. The molecule has 0 aliphatic heterocycles. The number of carbonyl (C=O) groups excluding carboxylic acids is 1. The first-order chi connectivity index (χ1) is 12.4. The number of para-hydroxylation sites is 1. The number of carbonyl (C=O) groups is 2. The molecule has 0 radical (unpaired) electrons.